The molecule has 1 aromatic carbocycles. The SMILES string of the molecule is CC(NS(=O)(=O)c1ccc(F)cc1Br)c1ncc[nH]1. The van der Waals surface area contributed by atoms with Crippen molar-refractivity contribution >= 4 is 26.0 Å². The Labute approximate surface area is 118 Å². The summed E-state index contributed by atoms with van der Waals surface area (Å²) in [5.41, 5.74) is 0. The van der Waals surface area contributed by atoms with E-state index in [1.807, 2.05) is 0 Å². The second-order valence-corrected chi connectivity index (χ2v) is 6.43. The van der Waals surface area contributed by atoms with Gasteiger partial charge in [0.05, 0.1) is 10.9 Å². The summed E-state index contributed by atoms with van der Waals surface area (Å²) >= 11 is 3.04. The molecule has 5 nitrogen and oxygen atoms in total. The highest BCUT2D eigenvalue weighted by molar-refractivity contribution is 9.10. The lowest BCUT2D eigenvalue weighted by atomic mass is 10.3. The molecule has 0 amide bonds. The van der Waals surface area contributed by atoms with Crippen LogP contribution in [0.5, 0.6) is 0 Å². The average Bonchev–Trinajstić information content (AvgIpc) is 2.80. The van der Waals surface area contributed by atoms with Gasteiger partial charge in [0, 0.05) is 16.9 Å². The fraction of sp³-hybridized carbons (Fsp3) is 0.182. The molecule has 1 atom stereocenters. The molecule has 0 aliphatic rings. The number of aromatic amines is 1. The lowest BCUT2D eigenvalue weighted by Crippen LogP contribution is -2.27. The quantitative estimate of drug-likeness (QED) is 0.891. The van der Waals surface area contributed by atoms with Crippen LogP contribution in [0, 0.1) is 5.82 Å². The Kier molecular flexibility index (Phi) is 4.02. The zero-order chi connectivity index (χ0) is 14.0. The summed E-state index contributed by atoms with van der Waals surface area (Å²) in [5, 5.41) is 0. The minimum Gasteiger partial charge on any atom is -0.347 e. The standard InChI is InChI=1S/C11H11BrFN3O2S/c1-7(11-14-4-5-15-11)16-19(17,18)10-3-2-8(13)6-9(10)12/h2-7,16H,1H3,(H,14,15). The molecule has 8 heteroatoms. The first-order valence-electron chi connectivity index (χ1n) is 5.37. The molecule has 0 saturated heterocycles. The molecule has 0 saturated carbocycles. The van der Waals surface area contributed by atoms with Gasteiger partial charge in [-0.2, -0.15) is 0 Å². The van der Waals surface area contributed by atoms with Crippen molar-refractivity contribution in [3.05, 3.63) is 46.7 Å². The van der Waals surface area contributed by atoms with E-state index in [0.29, 0.717) is 5.82 Å². The number of halogens is 2. The van der Waals surface area contributed by atoms with Crippen LogP contribution >= 0.6 is 15.9 Å². The summed E-state index contributed by atoms with van der Waals surface area (Å²) in [4.78, 5) is 6.78. The van der Waals surface area contributed by atoms with E-state index >= 15 is 0 Å². The lowest BCUT2D eigenvalue weighted by Gasteiger charge is -2.13. The van der Waals surface area contributed by atoms with Gasteiger partial charge in [0.2, 0.25) is 10.0 Å². The number of rotatable bonds is 4. The van der Waals surface area contributed by atoms with Crippen molar-refractivity contribution < 1.29 is 12.8 Å². The fourth-order valence-electron chi connectivity index (χ4n) is 1.56. The van der Waals surface area contributed by atoms with E-state index in [1.165, 1.54) is 12.3 Å². The molecule has 1 unspecified atom stereocenters. The van der Waals surface area contributed by atoms with Crippen LogP contribution in [-0.2, 0) is 10.0 Å². The second kappa shape index (κ2) is 5.40. The first kappa shape index (κ1) is 14.2. The van der Waals surface area contributed by atoms with Crippen molar-refractivity contribution in [1.29, 1.82) is 0 Å². The minimum absolute atomic E-state index is 0.0210. The zero-order valence-corrected chi connectivity index (χ0v) is 12.3. The Morgan fingerprint density at radius 2 is 2.21 bits per heavy atom. The van der Waals surface area contributed by atoms with Crippen LogP contribution in [0.15, 0.2) is 40.0 Å². The van der Waals surface area contributed by atoms with Gasteiger partial charge in [0.1, 0.15) is 11.6 Å². The first-order valence-corrected chi connectivity index (χ1v) is 7.64. The van der Waals surface area contributed by atoms with Crippen LogP contribution in [0.1, 0.15) is 18.8 Å². The molecule has 2 rings (SSSR count). The first-order chi connectivity index (χ1) is 8.90. The largest absolute Gasteiger partial charge is 0.347 e. The Bertz CT molecular complexity index is 673. The van der Waals surface area contributed by atoms with Crippen LogP contribution in [0.25, 0.3) is 0 Å². The van der Waals surface area contributed by atoms with Gasteiger partial charge in [0.15, 0.2) is 0 Å². The Morgan fingerprint density at radius 3 is 2.79 bits per heavy atom. The predicted molar refractivity (Wildman–Crippen MR) is 71.4 cm³/mol. The van der Waals surface area contributed by atoms with Crippen LogP contribution < -0.4 is 4.72 Å². The molecule has 102 valence electrons. The fourth-order valence-corrected chi connectivity index (χ4v) is 3.82. The van der Waals surface area contributed by atoms with Gasteiger partial charge in [0.25, 0.3) is 0 Å². The van der Waals surface area contributed by atoms with E-state index in [-0.39, 0.29) is 9.37 Å². The molecule has 0 aliphatic heterocycles. The van der Waals surface area contributed by atoms with E-state index in [0.717, 1.165) is 12.1 Å². The second-order valence-electron chi connectivity index (χ2n) is 3.89. The maximum atomic E-state index is 13.0. The van der Waals surface area contributed by atoms with E-state index < -0.39 is 21.9 Å². The maximum absolute atomic E-state index is 13.0. The van der Waals surface area contributed by atoms with Gasteiger partial charge in [-0.3, -0.25) is 0 Å². The van der Waals surface area contributed by atoms with Gasteiger partial charge in [-0.05, 0) is 41.1 Å². The number of nitrogens with zero attached hydrogens (tertiary/aromatic N) is 1. The summed E-state index contributed by atoms with van der Waals surface area (Å²) in [6.07, 6.45) is 3.14. The molecular formula is C11H11BrFN3O2S. The van der Waals surface area contributed by atoms with Crippen molar-refractivity contribution in [3.63, 3.8) is 0 Å². The van der Waals surface area contributed by atoms with Gasteiger partial charge in [-0.1, -0.05) is 0 Å². The summed E-state index contributed by atoms with van der Waals surface area (Å²) in [7, 11) is -3.76. The number of H-pyrrole nitrogens is 1. The summed E-state index contributed by atoms with van der Waals surface area (Å²) < 4.78 is 39.9. The molecule has 1 aromatic heterocycles. The average molecular weight is 348 g/mol. The summed E-state index contributed by atoms with van der Waals surface area (Å²) in [6, 6.07) is 2.89. The van der Waals surface area contributed by atoms with Crippen molar-refractivity contribution in [1.82, 2.24) is 14.7 Å². The molecule has 2 N–H and O–H groups in total. The lowest BCUT2D eigenvalue weighted by molar-refractivity contribution is 0.560. The highest BCUT2D eigenvalue weighted by Gasteiger charge is 2.22. The van der Waals surface area contributed by atoms with Crippen LogP contribution in [-0.4, -0.2) is 18.4 Å². The summed E-state index contributed by atoms with van der Waals surface area (Å²) in [5.74, 6) is -0.00767. The number of nitrogens with one attached hydrogen (secondary N) is 2. The Balaban J connectivity index is 2.28. The van der Waals surface area contributed by atoms with Gasteiger partial charge in [-0.25, -0.2) is 22.5 Å². The third kappa shape index (κ3) is 3.20. The van der Waals surface area contributed by atoms with E-state index in [9.17, 15) is 12.8 Å². The topological polar surface area (TPSA) is 74.8 Å². The zero-order valence-electron chi connectivity index (χ0n) is 9.89. The van der Waals surface area contributed by atoms with Crippen LogP contribution in [0.4, 0.5) is 4.39 Å². The molecular weight excluding hydrogens is 337 g/mol. The highest BCUT2D eigenvalue weighted by Crippen LogP contribution is 2.24. The monoisotopic (exact) mass is 347 g/mol. The normalized spacial score (nSPS) is 13.4. The number of benzene rings is 1. The van der Waals surface area contributed by atoms with E-state index in [2.05, 4.69) is 30.6 Å². The third-order valence-corrected chi connectivity index (χ3v) is 4.96. The molecule has 0 aliphatic carbocycles. The third-order valence-electron chi connectivity index (χ3n) is 2.44. The molecule has 0 spiro atoms. The number of aromatic nitrogens is 2. The van der Waals surface area contributed by atoms with Crippen molar-refractivity contribution in [2.75, 3.05) is 0 Å². The van der Waals surface area contributed by atoms with Gasteiger partial charge < -0.3 is 4.98 Å². The number of hydrogen-bond acceptors (Lipinski definition) is 3. The van der Waals surface area contributed by atoms with Gasteiger partial charge in [-0.15, -0.1) is 0 Å². The maximum Gasteiger partial charge on any atom is 0.242 e. The molecule has 1 heterocycles. The Morgan fingerprint density at radius 1 is 1.47 bits per heavy atom. The minimum atomic E-state index is -3.76. The van der Waals surface area contributed by atoms with Crippen molar-refractivity contribution in [2.45, 2.75) is 17.9 Å². The van der Waals surface area contributed by atoms with Crippen LogP contribution in [0.3, 0.4) is 0 Å². The summed E-state index contributed by atoms with van der Waals surface area (Å²) in [6.45, 7) is 1.66. The van der Waals surface area contributed by atoms with Crippen LogP contribution in [0.2, 0.25) is 0 Å². The van der Waals surface area contributed by atoms with Crippen molar-refractivity contribution in [2.24, 2.45) is 0 Å². The number of sulfonamides is 1. The van der Waals surface area contributed by atoms with E-state index in [1.54, 1.807) is 13.1 Å². The molecule has 0 radical (unpaired) electrons. The molecule has 2 aromatic rings. The number of imidazole rings is 1. The highest BCUT2D eigenvalue weighted by atomic mass is 79.9. The van der Waals surface area contributed by atoms with Crippen molar-refractivity contribution in [3.8, 4) is 0 Å². The predicted octanol–water partition coefficient (Wildman–Crippen LogP) is 2.35. The number of hydrogen-bond donors (Lipinski definition) is 2. The molecule has 0 bridgehead atoms. The van der Waals surface area contributed by atoms with Gasteiger partial charge >= 0.3 is 0 Å². The smallest absolute Gasteiger partial charge is 0.242 e. The molecule has 19 heavy (non-hydrogen) atoms. The Hall–Kier alpha value is -1.25. The van der Waals surface area contributed by atoms with E-state index in [4.69, 9.17) is 0 Å². The molecule has 0 fully saturated rings.